The van der Waals surface area contributed by atoms with Crippen LogP contribution in [0.25, 0.3) is 10.9 Å². The fourth-order valence-electron chi connectivity index (χ4n) is 4.39. The second-order valence-electron chi connectivity index (χ2n) is 9.34. The molecule has 1 aromatic carbocycles. The molecule has 1 aliphatic heterocycles. The lowest BCUT2D eigenvalue weighted by Crippen LogP contribution is -2.57. The van der Waals surface area contributed by atoms with Crippen molar-refractivity contribution in [1.29, 1.82) is 0 Å². The van der Waals surface area contributed by atoms with E-state index in [0.29, 0.717) is 18.5 Å². The third-order valence-corrected chi connectivity index (χ3v) is 6.41. The van der Waals surface area contributed by atoms with Crippen molar-refractivity contribution in [2.45, 2.75) is 62.7 Å². The van der Waals surface area contributed by atoms with Crippen LogP contribution in [-0.2, 0) is 35.2 Å². The fourth-order valence-corrected chi connectivity index (χ4v) is 4.39. The van der Waals surface area contributed by atoms with Gasteiger partial charge in [0.05, 0.1) is 12.5 Å². The molecule has 1 saturated heterocycles. The van der Waals surface area contributed by atoms with Gasteiger partial charge in [-0.3, -0.25) is 24.0 Å². The summed E-state index contributed by atoms with van der Waals surface area (Å²) in [7, 11) is 0. The highest BCUT2D eigenvalue weighted by Crippen LogP contribution is 2.19. The van der Waals surface area contributed by atoms with E-state index < -0.39 is 72.6 Å². The first-order chi connectivity index (χ1) is 18.5. The second kappa shape index (κ2) is 13.4. The maximum absolute atomic E-state index is 13.3. The first-order valence-electron chi connectivity index (χ1n) is 12.5. The zero-order valence-electron chi connectivity index (χ0n) is 21.1. The van der Waals surface area contributed by atoms with Crippen molar-refractivity contribution in [2.24, 2.45) is 5.73 Å². The Morgan fingerprint density at radius 2 is 1.67 bits per heavy atom. The van der Waals surface area contributed by atoms with Crippen molar-refractivity contribution in [2.75, 3.05) is 6.54 Å². The Balaban J connectivity index is 1.84. The molecule has 0 saturated carbocycles. The molecular formula is C25H32N6O8. The lowest BCUT2D eigenvalue weighted by atomic mass is 10.0. The molecule has 4 unspecified atom stereocenters. The number of rotatable bonds is 14. The molecule has 14 nitrogen and oxygen atoms in total. The highest BCUT2D eigenvalue weighted by molar-refractivity contribution is 5.95. The van der Waals surface area contributed by atoms with Crippen molar-refractivity contribution in [1.82, 2.24) is 26.3 Å². The van der Waals surface area contributed by atoms with Crippen molar-refractivity contribution in [3.63, 3.8) is 0 Å². The Morgan fingerprint density at radius 3 is 2.31 bits per heavy atom. The number of nitrogens with two attached hydrogens (primary N) is 1. The number of primary amides is 1. The van der Waals surface area contributed by atoms with E-state index in [1.54, 1.807) is 18.3 Å². The van der Waals surface area contributed by atoms with Gasteiger partial charge in [0.15, 0.2) is 0 Å². The number of hydrogen-bond donors (Lipinski definition) is 8. The van der Waals surface area contributed by atoms with Gasteiger partial charge in [0.25, 0.3) is 0 Å². The number of nitrogens with one attached hydrogen (secondary N) is 5. The summed E-state index contributed by atoms with van der Waals surface area (Å²) >= 11 is 0. The molecule has 1 aromatic heterocycles. The Labute approximate surface area is 223 Å². The molecule has 0 spiro atoms. The van der Waals surface area contributed by atoms with E-state index in [9.17, 15) is 33.9 Å². The number of aliphatic carboxylic acids is 2. The Morgan fingerprint density at radius 1 is 0.974 bits per heavy atom. The van der Waals surface area contributed by atoms with Crippen LogP contribution in [0.3, 0.4) is 0 Å². The van der Waals surface area contributed by atoms with E-state index in [4.69, 9.17) is 10.8 Å². The summed E-state index contributed by atoms with van der Waals surface area (Å²) in [5.41, 5.74) is 6.51. The molecule has 210 valence electrons. The number of carbonyl (C=O) groups is 6. The number of carboxylic acids is 2. The minimum Gasteiger partial charge on any atom is -0.481 e. The number of fused-ring (bicyclic) bond motifs is 1. The lowest BCUT2D eigenvalue weighted by molar-refractivity contribution is -0.143. The summed E-state index contributed by atoms with van der Waals surface area (Å²) in [5.74, 6) is -5.80. The first kappa shape index (κ1) is 29.1. The molecule has 0 aliphatic carbocycles. The standard InChI is InChI=1S/C25H32N6O8/c26-20(32)11-19(25(38)39)31-24(37)18(10-13-12-28-15-5-2-1-4-14(13)15)30-23(36)17(7-8-21(33)34)29-22(35)16-6-3-9-27-16/h1-2,4-5,12,16-19,27-28H,3,6-11H2,(H2,26,32)(H,29,35)(H,30,36)(H,31,37)(H,33,34)(H,38,39). The van der Waals surface area contributed by atoms with Crippen LogP contribution in [0.15, 0.2) is 30.5 Å². The van der Waals surface area contributed by atoms with E-state index in [-0.39, 0.29) is 12.8 Å². The third-order valence-electron chi connectivity index (χ3n) is 6.41. The molecule has 3 rings (SSSR count). The minimum atomic E-state index is -1.63. The largest absolute Gasteiger partial charge is 0.481 e. The van der Waals surface area contributed by atoms with E-state index in [0.717, 1.165) is 17.3 Å². The Hall–Kier alpha value is -4.46. The number of aromatic amines is 1. The number of aromatic nitrogens is 1. The Kier molecular flexibility index (Phi) is 9.98. The number of para-hydroxylation sites is 1. The summed E-state index contributed by atoms with van der Waals surface area (Å²) in [6, 6.07) is 2.45. The van der Waals surface area contributed by atoms with Crippen LogP contribution < -0.4 is 27.0 Å². The fraction of sp³-hybridized carbons (Fsp3) is 0.440. The monoisotopic (exact) mass is 544 g/mol. The van der Waals surface area contributed by atoms with Gasteiger partial charge in [-0.1, -0.05) is 18.2 Å². The molecule has 0 radical (unpaired) electrons. The van der Waals surface area contributed by atoms with Crippen molar-refractivity contribution >= 4 is 46.5 Å². The summed E-state index contributed by atoms with van der Waals surface area (Å²) < 4.78 is 0. The predicted octanol–water partition coefficient (Wildman–Crippen LogP) is -1.26. The lowest BCUT2D eigenvalue weighted by Gasteiger charge is -2.25. The van der Waals surface area contributed by atoms with E-state index >= 15 is 0 Å². The first-order valence-corrected chi connectivity index (χ1v) is 12.5. The minimum absolute atomic E-state index is 0.0751. The summed E-state index contributed by atoms with van der Waals surface area (Å²) in [4.78, 5) is 76.3. The average Bonchev–Trinajstić information content (AvgIpc) is 3.56. The number of carbonyl (C=O) groups excluding carboxylic acids is 4. The van der Waals surface area contributed by atoms with Gasteiger partial charge < -0.3 is 42.2 Å². The quantitative estimate of drug-likeness (QED) is 0.142. The van der Waals surface area contributed by atoms with Crippen molar-refractivity contribution in [3.8, 4) is 0 Å². The molecule has 4 amide bonds. The molecule has 14 heteroatoms. The van der Waals surface area contributed by atoms with Gasteiger partial charge in [-0.15, -0.1) is 0 Å². The average molecular weight is 545 g/mol. The summed E-state index contributed by atoms with van der Waals surface area (Å²) in [6.07, 6.45) is 1.57. The topological polar surface area (TPSA) is 233 Å². The molecule has 39 heavy (non-hydrogen) atoms. The van der Waals surface area contributed by atoms with Crippen LogP contribution >= 0.6 is 0 Å². The third kappa shape index (κ3) is 8.26. The molecule has 2 aromatic rings. The summed E-state index contributed by atoms with van der Waals surface area (Å²) in [6.45, 7) is 0.632. The van der Waals surface area contributed by atoms with Gasteiger partial charge in [-0.25, -0.2) is 4.79 Å². The van der Waals surface area contributed by atoms with Crippen LogP contribution in [-0.4, -0.2) is 81.5 Å². The number of benzene rings is 1. The summed E-state index contributed by atoms with van der Waals surface area (Å²) in [5, 5.41) is 29.7. The maximum atomic E-state index is 13.3. The van der Waals surface area contributed by atoms with Crippen LogP contribution in [0.4, 0.5) is 0 Å². The van der Waals surface area contributed by atoms with Gasteiger partial charge in [0.1, 0.15) is 18.1 Å². The smallest absolute Gasteiger partial charge is 0.326 e. The second-order valence-corrected chi connectivity index (χ2v) is 9.34. The van der Waals surface area contributed by atoms with E-state index in [1.165, 1.54) is 0 Å². The van der Waals surface area contributed by atoms with E-state index in [2.05, 4.69) is 26.3 Å². The van der Waals surface area contributed by atoms with Crippen LogP contribution in [0.1, 0.15) is 37.7 Å². The number of carboxylic acid groups (broad SMARTS) is 2. The highest BCUT2D eigenvalue weighted by Gasteiger charge is 2.32. The number of H-pyrrole nitrogens is 1. The normalized spacial score (nSPS) is 17.1. The van der Waals surface area contributed by atoms with Gasteiger partial charge in [0.2, 0.25) is 23.6 Å². The molecule has 4 atom stereocenters. The SMILES string of the molecule is NC(=O)CC(NC(=O)C(Cc1c[nH]c2ccccc12)NC(=O)C(CCC(=O)O)NC(=O)C1CCCN1)C(=O)O. The number of amides is 4. The molecule has 1 aliphatic rings. The van der Waals surface area contributed by atoms with Crippen molar-refractivity contribution < 1.29 is 39.0 Å². The van der Waals surface area contributed by atoms with Crippen LogP contribution in [0.5, 0.6) is 0 Å². The van der Waals surface area contributed by atoms with Gasteiger partial charge >= 0.3 is 11.9 Å². The Bertz CT molecular complexity index is 1240. The zero-order valence-corrected chi connectivity index (χ0v) is 21.1. The zero-order chi connectivity index (χ0) is 28.5. The van der Waals surface area contributed by atoms with Crippen LogP contribution in [0, 0.1) is 0 Å². The molecule has 1 fully saturated rings. The van der Waals surface area contributed by atoms with E-state index in [1.807, 2.05) is 12.1 Å². The van der Waals surface area contributed by atoms with Crippen LogP contribution in [0.2, 0.25) is 0 Å². The maximum Gasteiger partial charge on any atom is 0.326 e. The molecule has 2 heterocycles. The predicted molar refractivity (Wildman–Crippen MR) is 137 cm³/mol. The number of hydrogen-bond acceptors (Lipinski definition) is 7. The molecule has 9 N–H and O–H groups in total. The molecular weight excluding hydrogens is 512 g/mol. The van der Waals surface area contributed by atoms with Gasteiger partial charge in [-0.05, 0) is 37.4 Å². The van der Waals surface area contributed by atoms with Gasteiger partial charge in [-0.2, -0.15) is 0 Å². The van der Waals surface area contributed by atoms with Gasteiger partial charge in [0, 0.05) is 29.9 Å². The molecule has 0 bridgehead atoms. The highest BCUT2D eigenvalue weighted by atomic mass is 16.4. The van der Waals surface area contributed by atoms with Crippen molar-refractivity contribution in [3.05, 3.63) is 36.0 Å².